The zero-order valence-corrected chi connectivity index (χ0v) is 24.3. The van der Waals surface area contributed by atoms with E-state index in [-0.39, 0.29) is 94.6 Å². The molecule has 0 saturated heterocycles. The maximum atomic E-state index is 11.8. The molecule has 0 saturated carbocycles. The largest absolute Gasteiger partial charge is 0.481 e. The van der Waals surface area contributed by atoms with Gasteiger partial charge in [0.05, 0.1) is 45.7 Å². The summed E-state index contributed by atoms with van der Waals surface area (Å²) >= 11 is 3.86. The summed E-state index contributed by atoms with van der Waals surface area (Å²) in [6.07, 6.45) is 2.63. The first-order chi connectivity index (χ1) is 19.3. The van der Waals surface area contributed by atoms with Crippen molar-refractivity contribution >= 4 is 41.4 Å². The molecule has 0 aliphatic carbocycles. The van der Waals surface area contributed by atoms with E-state index in [1.165, 1.54) is 0 Å². The first kappa shape index (κ1) is 37.7. The number of hydrogen-bond donors (Lipinski definition) is 6. The summed E-state index contributed by atoms with van der Waals surface area (Å²) in [4.78, 5) is 56.7. The van der Waals surface area contributed by atoms with Crippen molar-refractivity contribution in [1.29, 1.82) is 0 Å². The van der Waals surface area contributed by atoms with Crippen LogP contribution in [0.5, 0.6) is 0 Å². The highest BCUT2D eigenvalue weighted by Gasteiger charge is 2.12. The highest BCUT2D eigenvalue weighted by Crippen LogP contribution is 2.03. The van der Waals surface area contributed by atoms with Gasteiger partial charge >= 0.3 is 5.97 Å². The van der Waals surface area contributed by atoms with Gasteiger partial charge in [0.2, 0.25) is 22.8 Å². The van der Waals surface area contributed by atoms with Crippen LogP contribution >= 0.6 is 12.6 Å². The van der Waals surface area contributed by atoms with Crippen LogP contribution in [0.4, 0.5) is 0 Å². The predicted octanol–water partition coefficient (Wildman–Crippen LogP) is -0.739. The van der Waals surface area contributed by atoms with E-state index in [4.69, 9.17) is 24.1 Å². The van der Waals surface area contributed by atoms with Gasteiger partial charge in [-0.15, -0.1) is 12.6 Å². The average molecular weight is 595 g/mol. The maximum Gasteiger partial charge on any atom is 0.303 e. The molecule has 1 atom stereocenters. The van der Waals surface area contributed by atoms with Crippen LogP contribution in [0.15, 0.2) is 0 Å². The minimum Gasteiger partial charge on any atom is -0.481 e. The molecule has 0 aromatic rings. The summed E-state index contributed by atoms with van der Waals surface area (Å²) in [5.41, 5.74) is 0. The van der Waals surface area contributed by atoms with Crippen molar-refractivity contribution in [3.05, 3.63) is 0 Å². The number of unbranched alkanes of at least 4 members (excludes halogenated alkanes) is 1. The van der Waals surface area contributed by atoms with E-state index in [1.54, 1.807) is 0 Å². The van der Waals surface area contributed by atoms with E-state index in [1.807, 2.05) is 6.92 Å². The fraction of sp³-hybridized carbons (Fsp3) is 0.800. The van der Waals surface area contributed by atoms with E-state index >= 15 is 0 Å². The van der Waals surface area contributed by atoms with E-state index in [9.17, 15) is 24.0 Å². The molecular weight excluding hydrogens is 548 g/mol. The topological polar surface area (TPSA) is 191 Å². The molecule has 0 aromatic carbocycles. The summed E-state index contributed by atoms with van der Waals surface area (Å²) in [5, 5.41) is 19.4. The van der Waals surface area contributed by atoms with Crippen molar-refractivity contribution in [1.82, 2.24) is 21.3 Å². The third kappa shape index (κ3) is 26.0. The molecule has 40 heavy (non-hydrogen) atoms. The van der Waals surface area contributed by atoms with Crippen LogP contribution in [0.1, 0.15) is 45.4 Å². The van der Waals surface area contributed by atoms with Crippen LogP contribution in [0.25, 0.3) is 0 Å². The Hall–Kier alpha value is -2.30. The Morgan fingerprint density at radius 3 is 1.73 bits per heavy atom. The molecule has 0 unspecified atom stereocenters. The lowest BCUT2D eigenvalue weighted by Gasteiger charge is -2.13. The molecule has 5 N–H and O–H groups in total. The van der Waals surface area contributed by atoms with Crippen LogP contribution in [0.3, 0.4) is 0 Å². The van der Waals surface area contributed by atoms with Crippen molar-refractivity contribution in [2.75, 3.05) is 79.0 Å². The number of carbonyl (C=O) groups excluding carboxylic acids is 4. The third-order valence-corrected chi connectivity index (χ3v) is 5.44. The summed E-state index contributed by atoms with van der Waals surface area (Å²) in [6.45, 7) is 5.13. The van der Waals surface area contributed by atoms with Gasteiger partial charge in [-0.05, 0) is 32.2 Å². The lowest BCUT2D eigenvalue weighted by molar-refractivity contribution is -0.137. The van der Waals surface area contributed by atoms with Crippen molar-refractivity contribution in [3.63, 3.8) is 0 Å². The minimum absolute atomic E-state index is 0.0394. The van der Waals surface area contributed by atoms with Gasteiger partial charge in [-0.25, -0.2) is 0 Å². The Bertz CT molecular complexity index is 730. The first-order valence-electron chi connectivity index (χ1n) is 13.5. The number of amides is 3. The molecule has 0 rings (SSSR count). The number of likely N-dealkylation sites (N-methyl/N-ethyl adjacent to an activating group) is 1. The summed E-state index contributed by atoms with van der Waals surface area (Å²) in [6, 6.07) is -0.259. The second-order valence-corrected chi connectivity index (χ2v) is 9.01. The Morgan fingerprint density at radius 2 is 1.20 bits per heavy atom. The standard InChI is InChI=1S/C25H46N4O10S/c1-2-26-20(25(35)40)6-3-4-9-27-22(31)18-38-16-15-37-13-11-29-23(32)19-39-17-14-36-12-10-28-21(30)7-5-8-24(33)34/h20,26H,2-19H2,1H3,(H,27,31)(H,28,30)(H,29,32)(H,33,34)(H,35,40)/t20-/m0/s1. The van der Waals surface area contributed by atoms with Crippen LogP contribution in [-0.4, -0.2) is 119 Å². The minimum atomic E-state index is -0.928. The zero-order chi connectivity index (χ0) is 29.8. The summed E-state index contributed by atoms with van der Waals surface area (Å²) < 4.78 is 21.1. The lowest BCUT2D eigenvalue weighted by Crippen LogP contribution is -2.34. The van der Waals surface area contributed by atoms with E-state index in [0.717, 1.165) is 12.8 Å². The molecule has 0 radical (unpaired) electrons. The second kappa shape index (κ2) is 26.9. The normalized spacial score (nSPS) is 11.6. The monoisotopic (exact) mass is 594 g/mol. The Labute approximate surface area is 241 Å². The average Bonchev–Trinajstić information content (AvgIpc) is 2.90. The van der Waals surface area contributed by atoms with Crippen molar-refractivity contribution in [2.45, 2.75) is 51.5 Å². The van der Waals surface area contributed by atoms with Gasteiger partial charge in [0.15, 0.2) is 0 Å². The molecule has 232 valence electrons. The van der Waals surface area contributed by atoms with Gasteiger partial charge in [-0.3, -0.25) is 24.0 Å². The number of ether oxygens (including phenoxy) is 4. The Kier molecular flexibility index (Phi) is 25.4. The number of aliphatic carboxylic acids is 1. The van der Waals surface area contributed by atoms with E-state index in [2.05, 4.69) is 33.9 Å². The number of carboxylic acids is 1. The molecule has 0 aromatic heterocycles. The van der Waals surface area contributed by atoms with E-state index < -0.39 is 5.97 Å². The zero-order valence-electron chi connectivity index (χ0n) is 23.4. The fourth-order valence-electron chi connectivity index (χ4n) is 3.15. The quantitative estimate of drug-likeness (QED) is 0.0494. The van der Waals surface area contributed by atoms with Crippen molar-refractivity contribution in [3.8, 4) is 0 Å². The number of carbonyl (C=O) groups is 5. The molecule has 0 fully saturated rings. The predicted molar refractivity (Wildman–Crippen MR) is 149 cm³/mol. The second-order valence-electron chi connectivity index (χ2n) is 8.57. The molecule has 15 heteroatoms. The molecule has 0 heterocycles. The number of carboxylic acid groups (broad SMARTS) is 1. The van der Waals surface area contributed by atoms with Gasteiger partial charge in [0.1, 0.15) is 13.2 Å². The SMILES string of the molecule is CCN[C@@H](CCCCNC(=O)COCCOCCNC(=O)COCCOCCNC(=O)CCCC(=O)O)C(=O)S. The molecule has 0 spiro atoms. The van der Waals surface area contributed by atoms with Gasteiger partial charge < -0.3 is 45.3 Å². The van der Waals surface area contributed by atoms with Crippen molar-refractivity contribution < 1.29 is 48.0 Å². The van der Waals surface area contributed by atoms with Gasteiger partial charge in [0.25, 0.3) is 0 Å². The fourth-order valence-corrected chi connectivity index (χ4v) is 3.37. The maximum absolute atomic E-state index is 11.8. The molecule has 0 aliphatic rings. The Balaban J connectivity index is 3.43. The Morgan fingerprint density at radius 1 is 0.675 bits per heavy atom. The first-order valence-corrected chi connectivity index (χ1v) is 14.0. The number of rotatable bonds is 28. The molecule has 3 amide bonds. The highest BCUT2D eigenvalue weighted by molar-refractivity contribution is 7.96. The van der Waals surface area contributed by atoms with Gasteiger partial charge in [0, 0.05) is 32.5 Å². The lowest BCUT2D eigenvalue weighted by atomic mass is 10.1. The van der Waals surface area contributed by atoms with Crippen LogP contribution in [-0.2, 0) is 42.9 Å². The summed E-state index contributed by atoms with van der Waals surface area (Å²) in [7, 11) is 0. The summed E-state index contributed by atoms with van der Waals surface area (Å²) in [5.74, 6) is -1.66. The van der Waals surface area contributed by atoms with Gasteiger partial charge in [-0.2, -0.15) is 0 Å². The molecule has 14 nitrogen and oxygen atoms in total. The van der Waals surface area contributed by atoms with Crippen LogP contribution in [0.2, 0.25) is 0 Å². The molecular formula is C25H46N4O10S. The number of thiol groups is 1. The van der Waals surface area contributed by atoms with Crippen LogP contribution in [0, 0.1) is 0 Å². The number of hydrogen-bond acceptors (Lipinski definition) is 10. The van der Waals surface area contributed by atoms with Crippen molar-refractivity contribution in [2.24, 2.45) is 0 Å². The van der Waals surface area contributed by atoms with Gasteiger partial charge in [-0.1, -0.05) is 6.92 Å². The highest BCUT2D eigenvalue weighted by atomic mass is 32.1. The smallest absolute Gasteiger partial charge is 0.303 e. The van der Waals surface area contributed by atoms with E-state index in [0.29, 0.717) is 39.0 Å². The molecule has 0 aliphatic heterocycles. The third-order valence-electron chi connectivity index (χ3n) is 5.13. The molecule has 0 bridgehead atoms. The number of nitrogens with one attached hydrogen (secondary N) is 4. The van der Waals surface area contributed by atoms with Crippen LogP contribution < -0.4 is 21.3 Å².